The lowest BCUT2D eigenvalue weighted by atomic mass is 10.00. The third-order valence-corrected chi connectivity index (χ3v) is 8.57. The van der Waals surface area contributed by atoms with Gasteiger partial charge in [-0.05, 0) is 38.3 Å². The van der Waals surface area contributed by atoms with E-state index in [4.69, 9.17) is 38.3 Å². The summed E-state index contributed by atoms with van der Waals surface area (Å²) in [5.74, 6) is -1.78. The minimum absolute atomic E-state index is 0.00562. The van der Waals surface area contributed by atoms with E-state index in [1.165, 1.54) is 23.9 Å². The molecule has 4 rings (SSSR count). The lowest BCUT2D eigenvalue weighted by Gasteiger charge is -2.39. The summed E-state index contributed by atoms with van der Waals surface area (Å²) < 4.78 is 12.1. The third kappa shape index (κ3) is 9.99. The van der Waals surface area contributed by atoms with Crippen LogP contribution in [0.5, 0.6) is 0 Å². The average molecular weight is 764 g/mol. The second kappa shape index (κ2) is 18.5. The summed E-state index contributed by atoms with van der Waals surface area (Å²) in [6.07, 6.45) is 0.551. The van der Waals surface area contributed by atoms with Crippen molar-refractivity contribution >= 4 is 70.0 Å². The first-order valence-corrected chi connectivity index (χ1v) is 17.3. The van der Waals surface area contributed by atoms with Crippen LogP contribution in [-0.4, -0.2) is 101 Å². The van der Waals surface area contributed by atoms with Crippen molar-refractivity contribution in [3.05, 3.63) is 34.6 Å². The van der Waals surface area contributed by atoms with E-state index in [0.717, 1.165) is 0 Å². The fourth-order valence-electron chi connectivity index (χ4n) is 5.49. The van der Waals surface area contributed by atoms with Crippen LogP contribution in [0.3, 0.4) is 0 Å². The van der Waals surface area contributed by atoms with Gasteiger partial charge in [-0.1, -0.05) is 25.4 Å². The van der Waals surface area contributed by atoms with Gasteiger partial charge in [-0.25, -0.2) is 19.6 Å². The van der Waals surface area contributed by atoms with Crippen LogP contribution >= 0.6 is 11.6 Å². The number of ether oxygens (including phenoxy) is 2. The number of carbonyl (C=O) groups excluding carboxylic acids is 3. The van der Waals surface area contributed by atoms with Gasteiger partial charge >= 0.3 is 12.1 Å². The molecule has 1 fully saturated rings. The molecule has 54 heavy (non-hydrogen) atoms. The molecule has 0 bridgehead atoms. The van der Waals surface area contributed by atoms with Crippen LogP contribution in [0.25, 0.3) is 5.65 Å². The van der Waals surface area contributed by atoms with E-state index in [9.17, 15) is 24.9 Å². The van der Waals surface area contributed by atoms with Gasteiger partial charge in [-0.15, -0.1) is 5.10 Å². The number of esters is 1. The van der Waals surface area contributed by atoms with Crippen molar-refractivity contribution in [3.8, 4) is 12.1 Å². The Kier molecular flexibility index (Phi) is 13.9. The van der Waals surface area contributed by atoms with E-state index >= 15 is 0 Å². The zero-order valence-corrected chi connectivity index (χ0v) is 30.9. The molecule has 20 nitrogen and oxygen atoms in total. The number of alkyl carbamates (subject to hydrolysis) is 1. The molecule has 9 N–H and O–H groups in total. The molecule has 0 saturated carbocycles. The second-order valence-electron chi connectivity index (χ2n) is 12.4. The summed E-state index contributed by atoms with van der Waals surface area (Å²) in [6, 6.07) is 5.54. The van der Waals surface area contributed by atoms with Crippen molar-refractivity contribution in [2.75, 3.05) is 48.8 Å². The first kappa shape index (κ1) is 40.5. The zero-order valence-electron chi connectivity index (χ0n) is 30.2. The molecule has 3 atom stereocenters. The minimum atomic E-state index is -1.01. The monoisotopic (exact) mass is 763 g/mol. The number of amides is 2. The molecule has 0 radical (unpaired) electrons. The predicted molar refractivity (Wildman–Crippen MR) is 200 cm³/mol. The molecular formula is C33H42ClN15O5. The average Bonchev–Trinajstić information content (AvgIpc) is 3.56. The lowest BCUT2D eigenvalue weighted by Crippen LogP contribution is -2.56. The van der Waals surface area contributed by atoms with Crippen LogP contribution in [-0.2, 0) is 19.1 Å². The number of nitrogens with zero attached hydrogens (tertiary/aromatic N) is 9. The normalized spacial score (nSPS) is 16.2. The number of benzene rings is 1. The molecule has 1 aliphatic rings. The number of nitrogens with two attached hydrogens (primary N) is 3. The number of rotatable bonds is 14. The summed E-state index contributed by atoms with van der Waals surface area (Å²) in [7, 11) is 1.21. The number of guanidine groups is 1. The minimum Gasteiger partial charge on any atom is -0.454 e. The highest BCUT2D eigenvalue weighted by molar-refractivity contribution is 6.39. The van der Waals surface area contributed by atoms with Gasteiger partial charge in [0.1, 0.15) is 17.9 Å². The molecule has 1 aliphatic heterocycles. The highest BCUT2D eigenvalue weighted by Gasteiger charge is 2.36. The third-order valence-electron chi connectivity index (χ3n) is 8.17. The molecular weight excluding hydrogens is 722 g/mol. The molecule has 1 aromatic carbocycles. The maximum atomic E-state index is 13.6. The smallest absolute Gasteiger partial charge is 0.407 e. The predicted octanol–water partition coefficient (Wildman–Crippen LogP) is 1.55. The number of nitrogens with one attached hydrogen (secondary N) is 3. The van der Waals surface area contributed by atoms with Gasteiger partial charge in [0.15, 0.2) is 23.1 Å². The van der Waals surface area contributed by atoms with Crippen LogP contribution in [0.4, 0.5) is 27.9 Å². The molecule has 3 unspecified atom stereocenters. The van der Waals surface area contributed by atoms with Crippen LogP contribution in [0.15, 0.2) is 28.3 Å². The maximum Gasteiger partial charge on any atom is 0.407 e. The molecule has 2 amide bonds. The molecule has 3 heterocycles. The number of fused-ring (bicyclic) bond motifs is 1. The van der Waals surface area contributed by atoms with E-state index in [2.05, 4.69) is 47.1 Å². The number of anilines is 4. The number of halogens is 1. The summed E-state index contributed by atoms with van der Waals surface area (Å²) in [5.41, 5.74) is 18.0. The Bertz CT molecular complexity index is 2010. The van der Waals surface area contributed by atoms with Gasteiger partial charge in [-0.3, -0.25) is 9.79 Å². The Balaban J connectivity index is 1.63. The van der Waals surface area contributed by atoms with Crippen molar-refractivity contribution in [3.63, 3.8) is 0 Å². The number of aromatic nitrogens is 4. The first-order valence-electron chi connectivity index (χ1n) is 16.9. The second-order valence-corrected chi connectivity index (χ2v) is 12.7. The van der Waals surface area contributed by atoms with Crippen LogP contribution in [0, 0.1) is 28.6 Å². The van der Waals surface area contributed by atoms with E-state index in [1.54, 1.807) is 24.8 Å². The van der Waals surface area contributed by atoms with E-state index in [1.807, 2.05) is 13.0 Å². The quantitative estimate of drug-likeness (QED) is 0.0587. The number of nitriles is 2. The van der Waals surface area contributed by atoms with E-state index in [0.29, 0.717) is 36.7 Å². The fourth-order valence-corrected chi connectivity index (χ4v) is 5.77. The number of aliphatic imine (C=N–C) groups is 2. The highest BCUT2D eigenvalue weighted by Crippen LogP contribution is 2.37. The number of hydrogen-bond donors (Lipinski definition) is 6. The van der Waals surface area contributed by atoms with Gasteiger partial charge < -0.3 is 47.5 Å². The molecule has 21 heteroatoms. The summed E-state index contributed by atoms with van der Waals surface area (Å²) in [6.45, 7) is 6.32. The number of piperidine rings is 1. The van der Waals surface area contributed by atoms with Crippen molar-refractivity contribution in [1.82, 2.24) is 24.9 Å². The number of carbonyl (C=O) groups is 3. The number of methoxy groups -OCH3 is 1. The van der Waals surface area contributed by atoms with Crippen LogP contribution < -0.4 is 38.1 Å². The SMILES string of the molecule is CCNc1nc(Nc2cc(C#N)cc(N3CCC(NC(=O)OC)C(OC(=O)C(=NC(=O)C(N)CCCN=C(N)N)C(C)C)C3)c2Cl)nn2c(C#N)cnc12. The Morgan fingerprint density at radius 1 is 1.20 bits per heavy atom. The molecule has 3 aromatic rings. The van der Waals surface area contributed by atoms with Crippen molar-refractivity contribution in [1.29, 1.82) is 10.5 Å². The summed E-state index contributed by atoms with van der Waals surface area (Å²) >= 11 is 6.97. The van der Waals surface area contributed by atoms with Gasteiger partial charge in [-0.2, -0.15) is 20.0 Å². The number of hydrogen-bond acceptors (Lipinski definition) is 15. The fraction of sp³-hybridized carbons (Fsp3) is 0.455. The topological polar surface area (TPSA) is 302 Å². The maximum absolute atomic E-state index is 13.6. The lowest BCUT2D eigenvalue weighted by molar-refractivity contribution is -0.142. The Morgan fingerprint density at radius 3 is 2.61 bits per heavy atom. The van der Waals surface area contributed by atoms with Gasteiger partial charge in [0, 0.05) is 25.6 Å². The number of imidazole rings is 1. The summed E-state index contributed by atoms with van der Waals surface area (Å²) in [4.78, 5) is 57.3. The highest BCUT2D eigenvalue weighted by atomic mass is 35.5. The van der Waals surface area contributed by atoms with Gasteiger partial charge in [0.2, 0.25) is 5.95 Å². The molecule has 1 saturated heterocycles. The Hall–Kier alpha value is -6.25. The zero-order chi connectivity index (χ0) is 39.5. The van der Waals surface area contributed by atoms with Crippen molar-refractivity contribution in [2.45, 2.75) is 58.2 Å². The van der Waals surface area contributed by atoms with E-state index in [-0.39, 0.29) is 65.5 Å². The van der Waals surface area contributed by atoms with Crippen molar-refractivity contribution in [2.24, 2.45) is 33.1 Å². The molecule has 0 spiro atoms. The Morgan fingerprint density at radius 2 is 1.96 bits per heavy atom. The van der Waals surface area contributed by atoms with Crippen LogP contribution in [0.2, 0.25) is 5.02 Å². The first-order chi connectivity index (χ1) is 25.8. The molecule has 0 aliphatic carbocycles. The van der Waals surface area contributed by atoms with Crippen molar-refractivity contribution < 1.29 is 23.9 Å². The van der Waals surface area contributed by atoms with Crippen LogP contribution in [0.1, 0.15) is 51.3 Å². The molecule has 286 valence electrons. The van der Waals surface area contributed by atoms with E-state index < -0.39 is 42.1 Å². The summed E-state index contributed by atoms with van der Waals surface area (Å²) in [5, 5.41) is 33.0. The largest absolute Gasteiger partial charge is 0.454 e. The van der Waals surface area contributed by atoms with Gasteiger partial charge in [0.05, 0.1) is 60.0 Å². The Labute approximate surface area is 315 Å². The standard InChI is InChI=1S/C33H42ClN15O5/c1-5-40-27-28-42-15-19(14-36)49(28)47-32(46-27)43-22-11-18(13-35)12-23(25(22)34)48-10-8-21(44-33(52)53-4)24(16-48)54-30(51)26(17(2)3)45-29(50)20(37)7-6-9-41-31(38)39/h11-12,15,17,20-21,24H,5-10,16,37H2,1-4H3,(H,44,52)(H4,38,39,41)(H2,40,43,46,47). The van der Waals surface area contributed by atoms with Gasteiger partial charge in [0.25, 0.3) is 5.91 Å². The molecule has 2 aromatic heterocycles.